The summed E-state index contributed by atoms with van der Waals surface area (Å²) in [6, 6.07) is 9.36. The van der Waals surface area contributed by atoms with Gasteiger partial charge in [-0.15, -0.1) is 0 Å². The van der Waals surface area contributed by atoms with Crippen LogP contribution in [0.5, 0.6) is 5.75 Å². The van der Waals surface area contributed by atoms with Crippen LogP contribution in [0.3, 0.4) is 0 Å². The number of nitrogens with one attached hydrogen (secondary N) is 1. The Morgan fingerprint density at radius 1 is 1.13 bits per heavy atom. The summed E-state index contributed by atoms with van der Waals surface area (Å²) in [6.07, 6.45) is 0.984. The second-order valence-electron chi connectivity index (χ2n) is 5.07. The highest BCUT2D eigenvalue weighted by atomic mass is 32.1. The molecule has 0 aliphatic heterocycles. The van der Waals surface area contributed by atoms with Crippen LogP contribution in [0.1, 0.15) is 24.0 Å². The first-order chi connectivity index (χ1) is 11.1. The molecule has 0 spiro atoms. The van der Waals surface area contributed by atoms with E-state index < -0.39 is 5.97 Å². The fraction of sp³-hybridized carbons (Fsp3) is 0.294. The van der Waals surface area contributed by atoms with E-state index in [2.05, 4.69) is 5.32 Å². The molecule has 122 valence electrons. The topological polar surface area (TPSA) is 75.6 Å². The average molecular weight is 333 g/mol. The summed E-state index contributed by atoms with van der Waals surface area (Å²) >= 11 is 1.58. The standard InChI is InChI=1S/C17H19NO4S/c19-16(10-14-7-9-23-12-14)18-11-13-3-5-15(6-4-13)22-8-1-2-17(20)21/h3-7,9,12H,1-2,8,10-11H2,(H,18,19)(H,20,21). The number of hydrogen-bond donors (Lipinski definition) is 2. The van der Waals surface area contributed by atoms with Crippen molar-refractivity contribution in [1.82, 2.24) is 5.32 Å². The van der Waals surface area contributed by atoms with Gasteiger partial charge in [0.1, 0.15) is 5.75 Å². The number of rotatable bonds is 9. The number of ether oxygens (including phenoxy) is 1. The van der Waals surface area contributed by atoms with Crippen molar-refractivity contribution in [3.05, 3.63) is 52.2 Å². The SMILES string of the molecule is O=C(O)CCCOc1ccc(CNC(=O)Cc2ccsc2)cc1. The highest BCUT2D eigenvalue weighted by molar-refractivity contribution is 7.07. The van der Waals surface area contributed by atoms with Crippen LogP contribution >= 0.6 is 11.3 Å². The molecule has 6 heteroatoms. The van der Waals surface area contributed by atoms with Crippen LogP contribution in [0.4, 0.5) is 0 Å². The molecule has 2 N–H and O–H groups in total. The number of amides is 1. The Morgan fingerprint density at radius 2 is 1.91 bits per heavy atom. The molecule has 1 amide bonds. The highest BCUT2D eigenvalue weighted by Crippen LogP contribution is 2.13. The Labute approximate surface area is 138 Å². The third-order valence-electron chi connectivity index (χ3n) is 3.16. The van der Waals surface area contributed by atoms with E-state index in [0.717, 1.165) is 11.1 Å². The van der Waals surface area contributed by atoms with Crippen molar-refractivity contribution in [3.63, 3.8) is 0 Å². The molecule has 0 radical (unpaired) electrons. The predicted octanol–water partition coefficient (Wildman–Crippen LogP) is 2.85. The molecule has 0 atom stereocenters. The molecule has 0 saturated carbocycles. The molecule has 0 bridgehead atoms. The lowest BCUT2D eigenvalue weighted by Gasteiger charge is -2.08. The molecule has 2 rings (SSSR count). The number of carbonyl (C=O) groups is 2. The van der Waals surface area contributed by atoms with Crippen LogP contribution < -0.4 is 10.1 Å². The Balaban J connectivity index is 1.70. The second-order valence-corrected chi connectivity index (χ2v) is 5.85. The van der Waals surface area contributed by atoms with Crippen LogP contribution in [-0.2, 0) is 22.6 Å². The van der Waals surface area contributed by atoms with Crippen LogP contribution in [0.2, 0.25) is 0 Å². The van der Waals surface area contributed by atoms with Gasteiger partial charge in [-0.2, -0.15) is 11.3 Å². The summed E-state index contributed by atoms with van der Waals surface area (Å²) in [7, 11) is 0. The number of hydrogen-bond acceptors (Lipinski definition) is 4. The van der Waals surface area contributed by atoms with Gasteiger partial charge >= 0.3 is 5.97 Å². The lowest BCUT2D eigenvalue weighted by atomic mass is 10.2. The summed E-state index contributed by atoms with van der Waals surface area (Å²) in [5, 5.41) is 15.3. The fourth-order valence-corrected chi connectivity index (χ4v) is 2.63. The number of carbonyl (C=O) groups excluding carboxylic acids is 1. The van der Waals surface area contributed by atoms with Crippen molar-refractivity contribution < 1.29 is 19.4 Å². The van der Waals surface area contributed by atoms with Gasteiger partial charge in [0.25, 0.3) is 0 Å². The molecule has 0 unspecified atom stereocenters. The maximum atomic E-state index is 11.8. The molecule has 1 aromatic carbocycles. The third kappa shape index (κ3) is 6.52. The van der Waals surface area contributed by atoms with Crippen molar-refractivity contribution in [2.24, 2.45) is 0 Å². The van der Waals surface area contributed by atoms with Gasteiger partial charge in [-0.25, -0.2) is 0 Å². The molecule has 23 heavy (non-hydrogen) atoms. The predicted molar refractivity (Wildman–Crippen MR) is 88.7 cm³/mol. The molecule has 0 aliphatic carbocycles. The largest absolute Gasteiger partial charge is 0.494 e. The Bertz CT molecular complexity index is 623. The van der Waals surface area contributed by atoms with Crippen LogP contribution in [0, 0.1) is 0 Å². The fourth-order valence-electron chi connectivity index (χ4n) is 1.96. The molecule has 0 aliphatic rings. The first kappa shape index (κ1) is 17.0. The van der Waals surface area contributed by atoms with Gasteiger partial charge in [-0.05, 0) is 46.5 Å². The minimum absolute atomic E-state index is 0.00241. The van der Waals surface area contributed by atoms with E-state index in [1.54, 1.807) is 11.3 Å². The summed E-state index contributed by atoms with van der Waals surface area (Å²) in [5.41, 5.74) is 2.01. The lowest BCUT2D eigenvalue weighted by Crippen LogP contribution is -2.24. The first-order valence-electron chi connectivity index (χ1n) is 7.35. The Morgan fingerprint density at radius 3 is 2.57 bits per heavy atom. The van der Waals surface area contributed by atoms with Crippen molar-refractivity contribution in [2.75, 3.05) is 6.61 Å². The number of aliphatic carboxylic acids is 1. The molecule has 1 heterocycles. The second kappa shape index (κ2) is 8.95. The van der Waals surface area contributed by atoms with Crippen LogP contribution in [0.25, 0.3) is 0 Å². The number of thiophene rings is 1. The monoisotopic (exact) mass is 333 g/mol. The highest BCUT2D eigenvalue weighted by Gasteiger charge is 2.04. The van der Waals surface area contributed by atoms with Gasteiger partial charge in [0.05, 0.1) is 13.0 Å². The van der Waals surface area contributed by atoms with E-state index in [9.17, 15) is 9.59 Å². The molecule has 2 aromatic rings. The lowest BCUT2D eigenvalue weighted by molar-refractivity contribution is -0.137. The molecular formula is C17H19NO4S. The molecule has 0 saturated heterocycles. The normalized spacial score (nSPS) is 10.3. The van der Waals surface area contributed by atoms with Crippen LogP contribution in [0.15, 0.2) is 41.1 Å². The van der Waals surface area contributed by atoms with E-state index in [0.29, 0.717) is 31.7 Å². The van der Waals surface area contributed by atoms with Crippen LogP contribution in [-0.4, -0.2) is 23.6 Å². The smallest absolute Gasteiger partial charge is 0.303 e. The van der Waals surface area contributed by atoms with Crippen molar-refractivity contribution in [1.29, 1.82) is 0 Å². The van der Waals surface area contributed by atoms with E-state index in [1.165, 1.54) is 0 Å². The van der Waals surface area contributed by atoms with Crippen molar-refractivity contribution in [2.45, 2.75) is 25.8 Å². The van der Waals surface area contributed by atoms with Gasteiger partial charge in [0.15, 0.2) is 0 Å². The Kier molecular flexibility index (Phi) is 6.62. The van der Waals surface area contributed by atoms with E-state index >= 15 is 0 Å². The molecule has 1 aromatic heterocycles. The number of carboxylic acid groups (broad SMARTS) is 1. The van der Waals surface area contributed by atoms with E-state index in [4.69, 9.17) is 9.84 Å². The number of benzene rings is 1. The zero-order chi connectivity index (χ0) is 16.5. The summed E-state index contributed by atoms with van der Waals surface area (Å²) in [4.78, 5) is 22.2. The first-order valence-corrected chi connectivity index (χ1v) is 8.29. The number of carboxylic acids is 1. The van der Waals surface area contributed by atoms with E-state index in [1.807, 2.05) is 41.1 Å². The molecule has 5 nitrogen and oxygen atoms in total. The zero-order valence-electron chi connectivity index (χ0n) is 12.7. The van der Waals surface area contributed by atoms with Gasteiger partial charge in [-0.3, -0.25) is 9.59 Å². The summed E-state index contributed by atoms with van der Waals surface area (Å²) in [6.45, 7) is 0.852. The summed E-state index contributed by atoms with van der Waals surface area (Å²) in [5.74, 6) is -0.122. The van der Waals surface area contributed by atoms with Gasteiger partial charge in [0.2, 0.25) is 5.91 Å². The van der Waals surface area contributed by atoms with Crippen molar-refractivity contribution in [3.8, 4) is 5.75 Å². The zero-order valence-corrected chi connectivity index (χ0v) is 13.5. The maximum absolute atomic E-state index is 11.8. The third-order valence-corrected chi connectivity index (χ3v) is 3.89. The molecule has 0 fully saturated rings. The van der Waals surface area contributed by atoms with Crippen molar-refractivity contribution >= 4 is 23.2 Å². The minimum Gasteiger partial charge on any atom is -0.494 e. The van der Waals surface area contributed by atoms with Gasteiger partial charge in [0, 0.05) is 13.0 Å². The summed E-state index contributed by atoms with van der Waals surface area (Å²) < 4.78 is 5.46. The van der Waals surface area contributed by atoms with Gasteiger partial charge < -0.3 is 15.2 Å². The average Bonchev–Trinajstić information content (AvgIpc) is 3.03. The maximum Gasteiger partial charge on any atom is 0.303 e. The minimum atomic E-state index is -0.817. The Hall–Kier alpha value is -2.34. The van der Waals surface area contributed by atoms with Gasteiger partial charge in [-0.1, -0.05) is 12.1 Å². The van der Waals surface area contributed by atoms with E-state index in [-0.39, 0.29) is 12.3 Å². The molecular weight excluding hydrogens is 314 g/mol. The quantitative estimate of drug-likeness (QED) is 0.692.